The third-order valence-corrected chi connectivity index (χ3v) is 5.54. The van der Waals surface area contributed by atoms with E-state index in [-0.39, 0.29) is 28.7 Å². The van der Waals surface area contributed by atoms with Crippen molar-refractivity contribution in [2.24, 2.45) is 7.05 Å². The number of halogens is 2. The molecule has 0 spiro atoms. The first kappa shape index (κ1) is 21.0. The van der Waals surface area contributed by atoms with Crippen LogP contribution in [0.5, 0.6) is 11.5 Å². The smallest absolute Gasteiger partial charge is 0.253 e. The van der Waals surface area contributed by atoms with Gasteiger partial charge in [-0.15, -0.1) is 0 Å². The number of benzene rings is 2. The molecule has 0 atom stereocenters. The third-order valence-electron chi connectivity index (χ3n) is 4.94. The number of aryl methyl sites for hydroxylation is 1. The fraction of sp³-hybridized carbons (Fsp3) is 0.227. The van der Waals surface area contributed by atoms with Crippen LogP contribution in [0.4, 0.5) is 14.5 Å². The van der Waals surface area contributed by atoms with E-state index in [1.807, 2.05) is 0 Å². The Hall–Kier alpha value is -3.20. The lowest BCUT2D eigenvalue weighted by Crippen LogP contribution is -2.20. The predicted molar refractivity (Wildman–Crippen MR) is 114 cm³/mol. The van der Waals surface area contributed by atoms with Crippen LogP contribution in [0.2, 0.25) is 0 Å². The minimum Gasteiger partial charge on any atom is -0.454 e. The Morgan fingerprint density at radius 1 is 1.06 bits per heavy atom. The molecule has 162 valence electrons. The second-order valence-corrected chi connectivity index (χ2v) is 9.38. The average molecular weight is 446 g/mol. The summed E-state index contributed by atoms with van der Waals surface area (Å²) in [5.74, 6) is -1.37. The lowest BCUT2D eigenvalue weighted by atomic mass is 10.0. The summed E-state index contributed by atoms with van der Waals surface area (Å²) >= 11 is 0. The predicted octanol–water partition coefficient (Wildman–Crippen LogP) is 4.37. The second-order valence-electron chi connectivity index (χ2n) is 7.64. The van der Waals surface area contributed by atoms with E-state index in [9.17, 15) is 22.0 Å². The number of nitrogens with zero attached hydrogens (tertiary/aromatic N) is 1. The van der Waals surface area contributed by atoms with Crippen LogP contribution in [-0.4, -0.2) is 19.2 Å². The number of rotatable bonds is 6. The molecular weight excluding hydrogens is 426 g/mol. The summed E-state index contributed by atoms with van der Waals surface area (Å²) in [5, 5.41) is 0. The van der Waals surface area contributed by atoms with Crippen LogP contribution in [-0.2, 0) is 17.1 Å². The molecule has 1 N–H and O–H groups in total. The van der Waals surface area contributed by atoms with Gasteiger partial charge in [-0.2, -0.15) is 0 Å². The number of hydrogen-bond acceptors (Lipinski definition) is 4. The lowest BCUT2D eigenvalue weighted by Gasteiger charge is -2.16. The standard InChI is InChI=1S/C22H20F2N2O4S/c1-26-12-14(9-18(22(26)27)13-3-4-13)17-11-16(25-31(2,28)29)6-8-20(17)30-21-7-5-15(23)10-19(21)24/h5-13,25H,3-4H2,1-2H3. The molecule has 4 rings (SSSR count). The maximum atomic E-state index is 14.2. The number of sulfonamides is 1. The quantitative estimate of drug-likeness (QED) is 0.610. The molecular formula is C22H20F2N2O4S. The molecule has 0 saturated heterocycles. The van der Waals surface area contributed by atoms with Gasteiger partial charge in [0.2, 0.25) is 10.0 Å². The van der Waals surface area contributed by atoms with Crippen molar-refractivity contribution >= 4 is 15.7 Å². The Labute approximate surface area is 178 Å². The first-order valence-corrected chi connectivity index (χ1v) is 11.5. The maximum Gasteiger partial charge on any atom is 0.253 e. The van der Waals surface area contributed by atoms with E-state index in [0.717, 1.165) is 25.2 Å². The first-order valence-electron chi connectivity index (χ1n) is 9.56. The number of anilines is 1. The average Bonchev–Trinajstić information content (AvgIpc) is 3.51. The van der Waals surface area contributed by atoms with Crippen LogP contribution >= 0.6 is 0 Å². The lowest BCUT2D eigenvalue weighted by molar-refractivity contribution is 0.439. The molecule has 1 aliphatic rings. The second kappa shape index (κ2) is 7.81. The Morgan fingerprint density at radius 2 is 1.77 bits per heavy atom. The summed E-state index contributed by atoms with van der Waals surface area (Å²) in [7, 11) is -1.90. The number of aromatic nitrogens is 1. The van der Waals surface area contributed by atoms with Crippen molar-refractivity contribution in [3.63, 3.8) is 0 Å². The minimum absolute atomic E-state index is 0.0938. The van der Waals surface area contributed by atoms with E-state index in [1.54, 1.807) is 25.4 Å². The zero-order valence-electron chi connectivity index (χ0n) is 16.9. The molecule has 6 nitrogen and oxygen atoms in total. The molecule has 0 amide bonds. The van der Waals surface area contributed by atoms with Gasteiger partial charge in [0.25, 0.3) is 5.56 Å². The van der Waals surface area contributed by atoms with Gasteiger partial charge >= 0.3 is 0 Å². The normalized spacial score (nSPS) is 13.8. The first-order chi connectivity index (χ1) is 14.6. The Bertz CT molecular complexity index is 1330. The summed E-state index contributed by atoms with van der Waals surface area (Å²) in [6.45, 7) is 0. The molecule has 0 bridgehead atoms. The number of hydrogen-bond donors (Lipinski definition) is 1. The number of pyridine rings is 1. The van der Waals surface area contributed by atoms with Gasteiger partial charge < -0.3 is 9.30 Å². The van der Waals surface area contributed by atoms with Crippen molar-refractivity contribution in [2.75, 3.05) is 11.0 Å². The highest BCUT2D eigenvalue weighted by atomic mass is 32.2. The van der Waals surface area contributed by atoms with Crippen molar-refractivity contribution in [2.45, 2.75) is 18.8 Å². The Balaban J connectivity index is 1.85. The molecule has 3 aromatic rings. The Morgan fingerprint density at radius 3 is 2.42 bits per heavy atom. The summed E-state index contributed by atoms with van der Waals surface area (Å²) in [6, 6.07) is 9.24. The zero-order valence-corrected chi connectivity index (χ0v) is 17.7. The van der Waals surface area contributed by atoms with Crippen LogP contribution in [0.15, 0.2) is 53.5 Å². The van der Waals surface area contributed by atoms with E-state index in [2.05, 4.69) is 4.72 Å². The van der Waals surface area contributed by atoms with Crippen LogP contribution < -0.4 is 15.0 Å². The van der Waals surface area contributed by atoms with Gasteiger partial charge in [0, 0.05) is 41.7 Å². The van der Waals surface area contributed by atoms with Crippen LogP contribution in [0.25, 0.3) is 11.1 Å². The van der Waals surface area contributed by atoms with E-state index >= 15 is 0 Å². The monoisotopic (exact) mass is 446 g/mol. The zero-order chi connectivity index (χ0) is 22.3. The van der Waals surface area contributed by atoms with Gasteiger partial charge in [-0.25, -0.2) is 17.2 Å². The molecule has 1 heterocycles. The molecule has 1 saturated carbocycles. The van der Waals surface area contributed by atoms with Crippen LogP contribution in [0.3, 0.4) is 0 Å². The maximum absolute atomic E-state index is 14.2. The fourth-order valence-electron chi connectivity index (χ4n) is 3.37. The highest BCUT2D eigenvalue weighted by Crippen LogP contribution is 2.41. The molecule has 0 unspecified atom stereocenters. The van der Waals surface area contributed by atoms with Gasteiger partial charge in [0.15, 0.2) is 11.6 Å². The SMILES string of the molecule is Cn1cc(-c2cc(NS(C)(=O)=O)ccc2Oc2ccc(F)cc2F)cc(C2CC2)c1=O. The van der Waals surface area contributed by atoms with Gasteiger partial charge in [-0.05, 0) is 55.2 Å². The summed E-state index contributed by atoms with van der Waals surface area (Å²) < 4.78 is 60.4. The summed E-state index contributed by atoms with van der Waals surface area (Å²) in [5.41, 5.74) is 1.92. The van der Waals surface area contributed by atoms with Crippen LogP contribution in [0.1, 0.15) is 24.3 Å². The minimum atomic E-state index is -3.53. The number of nitrogens with one attached hydrogen (secondary N) is 1. The van der Waals surface area contributed by atoms with Gasteiger partial charge in [0.1, 0.15) is 11.6 Å². The molecule has 31 heavy (non-hydrogen) atoms. The van der Waals surface area contributed by atoms with Crippen molar-refractivity contribution in [3.8, 4) is 22.6 Å². The van der Waals surface area contributed by atoms with Crippen molar-refractivity contribution in [1.29, 1.82) is 0 Å². The molecule has 1 aromatic heterocycles. The molecule has 1 fully saturated rings. The van der Waals surface area contributed by atoms with Gasteiger partial charge in [-0.3, -0.25) is 9.52 Å². The molecule has 0 radical (unpaired) electrons. The topological polar surface area (TPSA) is 77.4 Å². The Kier molecular flexibility index (Phi) is 5.30. The van der Waals surface area contributed by atoms with E-state index in [1.165, 1.54) is 22.8 Å². The molecule has 9 heteroatoms. The van der Waals surface area contributed by atoms with Crippen molar-refractivity contribution < 1.29 is 21.9 Å². The van der Waals surface area contributed by atoms with E-state index in [4.69, 9.17) is 4.74 Å². The highest BCUT2D eigenvalue weighted by molar-refractivity contribution is 7.92. The van der Waals surface area contributed by atoms with Crippen molar-refractivity contribution in [3.05, 3.63) is 76.2 Å². The number of ether oxygens (including phenoxy) is 1. The fourth-order valence-corrected chi connectivity index (χ4v) is 3.93. The van der Waals surface area contributed by atoms with E-state index in [0.29, 0.717) is 22.8 Å². The third kappa shape index (κ3) is 4.77. The summed E-state index contributed by atoms with van der Waals surface area (Å²) in [4.78, 5) is 12.5. The largest absolute Gasteiger partial charge is 0.454 e. The van der Waals surface area contributed by atoms with Gasteiger partial charge in [0.05, 0.1) is 6.26 Å². The van der Waals surface area contributed by atoms with Gasteiger partial charge in [-0.1, -0.05) is 0 Å². The van der Waals surface area contributed by atoms with Crippen molar-refractivity contribution in [1.82, 2.24) is 4.57 Å². The van der Waals surface area contributed by atoms with E-state index < -0.39 is 21.7 Å². The highest BCUT2D eigenvalue weighted by Gasteiger charge is 2.27. The van der Waals surface area contributed by atoms with Crippen LogP contribution in [0, 0.1) is 11.6 Å². The molecule has 0 aliphatic heterocycles. The molecule has 1 aliphatic carbocycles. The summed E-state index contributed by atoms with van der Waals surface area (Å²) in [6.07, 6.45) is 4.50. The molecule has 2 aromatic carbocycles.